The number of aromatic nitrogens is 2. The van der Waals surface area contributed by atoms with Crippen LogP contribution in [0, 0.1) is 17.5 Å². The van der Waals surface area contributed by atoms with E-state index in [1.54, 1.807) is 0 Å². The van der Waals surface area contributed by atoms with Crippen molar-refractivity contribution in [2.75, 3.05) is 30.3 Å². The van der Waals surface area contributed by atoms with E-state index in [0.717, 1.165) is 18.2 Å². The average Bonchev–Trinajstić information content (AvgIpc) is 2.95. The van der Waals surface area contributed by atoms with Crippen LogP contribution in [0.25, 0.3) is 11.0 Å². The van der Waals surface area contributed by atoms with Crippen LogP contribution in [0.3, 0.4) is 0 Å². The van der Waals surface area contributed by atoms with Gasteiger partial charge in [0.05, 0.1) is 46.3 Å². The van der Waals surface area contributed by atoms with Crippen molar-refractivity contribution < 1.29 is 40.7 Å². The van der Waals surface area contributed by atoms with Gasteiger partial charge in [0.25, 0.3) is 0 Å². The van der Waals surface area contributed by atoms with Crippen LogP contribution in [-0.2, 0) is 10.9 Å². The zero-order valence-electron chi connectivity index (χ0n) is 20.8. The minimum atomic E-state index is -4.69. The molecule has 2 heterocycles. The number of halogens is 6. The first-order chi connectivity index (χ1) is 19.5. The predicted molar refractivity (Wildman–Crippen MR) is 135 cm³/mol. The Morgan fingerprint density at radius 3 is 2.51 bits per heavy atom. The number of rotatable bonds is 5. The number of ether oxygens (including phenoxy) is 1. The molecule has 2 amide bonds. The standard InChI is InChI=1S/C27H19F6N5O3/c28-16-10-19(38-26(40)36-15-3-1-2-14(9-15)27(31,32)33)24(30)22(23(16)29)25(39)13-4-5-17-18(8-13)35-11-20(37-17)21-12-34-6-7-41-21/h1-5,8-11,21,34H,6-7,12H2,(H2,36,38,40). The van der Waals surface area contributed by atoms with E-state index in [0.29, 0.717) is 43.0 Å². The lowest BCUT2D eigenvalue weighted by molar-refractivity contribution is -0.137. The Bertz CT molecular complexity index is 1660. The summed E-state index contributed by atoms with van der Waals surface area (Å²) in [7, 11) is 0. The molecule has 1 aromatic heterocycles. The van der Waals surface area contributed by atoms with E-state index in [1.165, 1.54) is 24.4 Å². The maximum Gasteiger partial charge on any atom is 0.416 e. The van der Waals surface area contributed by atoms with Gasteiger partial charge in [0.15, 0.2) is 23.2 Å². The van der Waals surface area contributed by atoms with Crippen LogP contribution < -0.4 is 16.0 Å². The Kier molecular flexibility index (Phi) is 7.60. The van der Waals surface area contributed by atoms with Crippen LogP contribution in [0.4, 0.5) is 42.5 Å². The van der Waals surface area contributed by atoms with Gasteiger partial charge in [0, 0.05) is 30.4 Å². The van der Waals surface area contributed by atoms with E-state index in [-0.39, 0.29) is 22.9 Å². The molecule has 0 bridgehead atoms. The lowest BCUT2D eigenvalue weighted by Gasteiger charge is -2.22. The predicted octanol–water partition coefficient (Wildman–Crippen LogP) is 5.60. The third-order valence-electron chi connectivity index (χ3n) is 6.16. The van der Waals surface area contributed by atoms with Crippen molar-refractivity contribution in [3.05, 3.63) is 94.6 Å². The normalized spacial score (nSPS) is 15.5. The number of ketones is 1. The van der Waals surface area contributed by atoms with Gasteiger partial charge in [-0.25, -0.2) is 22.9 Å². The number of morpholine rings is 1. The third kappa shape index (κ3) is 5.98. The van der Waals surface area contributed by atoms with Crippen molar-refractivity contribution in [2.24, 2.45) is 0 Å². The van der Waals surface area contributed by atoms with Crippen LogP contribution in [0.15, 0.2) is 54.7 Å². The molecule has 1 aliphatic heterocycles. The first-order valence-corrected chi connectivity index (χ1v) is 12.1. The largest absolute Gasteiger partial charge is 0.416 e. The van der Waals surface area contributed by atoms with E-state index in [1.807, 2.05) is 10.6 Å². The molecule has 5 rings (SSSR count). The van der Waals surface area contributed by atoms with Crippen molar-refractivity contribution in [2.45, 2.75) is 12.3 Å². The fourth-order valence-corrected chi connectivity index (χ4v) is 4.17. The van der Waals surface area contributed by atoms with E-state index in [9.17, 15) is 31.5 Å². The summed E-state index contributed by atoms with van der Waals surface area (Å²) in [5.41, 5.74) is -2.65. The van der Waals surface area contributed by atoms with Gasteiger partial charge in [-0.2, -0.15) is 13.2 Å². The van der Waals surface area contributed by atoms with Crippen LogP contribution in [0.2, 0.25) is 0 Å². The summed E-state index contributed by atoms with van der Waals surface area (Å²) in [4.78, 5) is 34.1. The van der Waals surface area contributed by atoms with Crippen molar-refractivity contribution in [1.29, 1.82) is 0 Å². The number of benzene rings is 3. The summed E-state index contributed by atoms with van der Waals surface area (Å²) in [5.74, 6) is -6.26. The number of nitrogens with one attached hydrogen (secondary N) is 3. The highest BCUT2D eigenvalue weighted by Crippen LogP contribution is 2.31. The average molecular weight is 575 g/mol. The first-order valence-electron chi connectivity index (χ1n) is 12.1. The molecular weight excluding hydrogens is 556 g/mol. The molecule has 1 saturated heterocycles. The van der Waals surface area contributed by atoms with Gasteiger partial charge in [-0.1, -0.05) is 6.07 Å². The van der Waals surface area contributed by atoms with E-state index < -0.39 is 52.3 Å². The van der Waals surface area contributed by atoms with Crippen LogP contribution in [0.5, 0.6) is 0 Å². The summed E-state index contributed by atoms with van der Waals surface area (Å²) in [5, 5.41) is 7.11. The van der Waals surface area contributed by atoms with Gasteiger partial charge in [0.2, 0.25) is 0 Å². The molecule has 0 spiro atoms. The highest BCUT2D eigenvalue weighted by molar-refractivity contribution is 6.11. The fraction of sp³-hybridized carbons (Fsp3) is 0.185. The van der Waals surface area contributed by atoms with E-state index in [4.69, 9.17) is 4.74 Å². The monoisotopic (exact) mass is 575 g/mol. The summed E-state index contributed by atoms with van der Waals surface area (Å²) in [6.07, 6.45) is -3.56. The van der Waals surface area contributed by atoms with Crippen molar-refractivity contribution in [1.82, 2.24) is 15.3 Å². The topological polar surface area (TPSA) is 105 Å². The Hall–Kier alpha value is -4.56. The third-order valence-corrected chi connectivity index (χ3v) is 6.16. The van der Waals surface area contributed by atoms with E-state index in [2.05, 4.69) is 15.3 Å². The van der Waals surface area contributed by atoms with Gasteiger partial charge < -0.3 is 20.7 Å². The van der Waals surface area contributed by atoms with Gasteiger partial charge in [-0.15, -0.1) is 0 Å². The lowest BCUT2D eigenvalue weighted by atomic mass is 10.0. The molecular formula is C27H19F6N5O3. The molecule has 0 saturated carbocycles. The molecule has 1 aliphatic rings. The smallest absolute Gasteiger partial charge is 0.369 e. The molecule has 41 heavy (non-hydrogen) atoms. The number of hydrogen-bond donors (Lipinski definition) is 3. The van der Waals surface area contributed by atoms with Gasteiger partial charge in [0.1, 0.15) is 6.10 Å². The molecule has 4 aromatic rings. The number of anilines is 2. The highest BCUT2D eigenvalue weighted by atomic mass is 19.4. The number of carbonyl (C=O) groups is 2. The zero-order valence-corrected chi connectivity index (χ0v) is 20.8. The first kappa shape index (κ1) is 28.0. The Balaban J connectivity index is 1.39. The van der Waals surface area contributed by atoms with Crippen LogP contribution in [-0.4, -0.2) is 41.5 Å². The molecule has 0 aliphatic carbocycles. The van der Waals surface area contributed by atoms with Crippen LogP contribution >= 0.6 is 0 Å². The molecule has 1 atom stereocenters. The van der Waals surface area contributed by atoms with Gasteiger partial charge in [-0.05, 0) is 36.4 Å². The summed E-state index contributed by atoms with van der Waals surface area (Å²) in [6, 6.07) is 6.48. The lowest BCUT2D eigenvalue weighted by Crippen LogP contribution is -2.33. The second-order valence-corrected chi connectivity index (χ2v) is 8.96. The van der Waals surface area contributed by atoms with Gasteiger partial charge in [-0.3, -0.25) is 9.78 Å². The maximum absolute atomic E-state index is 15.3. The molecule has 14 heteroatoms. The fourth-order valence-electron chi connectivity index (χ4n) is 4.17. The summed E-state index contributed by atoms with van der Waals surface area (Å²) < 4.78 is 88.8. The summed E-state index contributed by atoms with van der Waals surface area (Å²) in [6.45, 7) is 1.73. The number of alkyl halides is 3. The number of urea groups is 1. The minimum Gasteiger partial charge on any atom is -0.369 e. The van der Waals surface area contributed by atoms with Crippen molar-refractivity contribution >= 4 is 34.2 Å². The molecule has 1 unspecified atom stereocenters. The highest BCUT2D eigenvalue weighted by Gasteiger charge is 2.31. The number of nitrogens with zero attached hydrogens (tertiary/aromatic N) is 2. The van der Waals surface area contributed by atoms with Gasteiger partial charge >= 0.3 is 12.2 Å². The maximum atomic E-state index is 15.3. The quantitative estimate of drug-likeness (QED) is 0.163. The summed E-state index contributed by atoms with van der Waals surface area (Å²) >= 11 is 0. The number of hydrogen-bond acceptors (Lipinski definition) is 6. The van der Waals surface area contributed by atoms with Crippen molar-refractivity contribution in [3.63, 3.8) is 0 Å². The molecule has 1 fully saturated rings. The SMILES string of the molecule is O=C(Nc1cccc(C(F)(F)F)c1)Nc1cc(F)c(F)c(C(=O)c2ccc3nc(C4CNCCO4)cnc3c2)c1F. The number of carbonyl (C=O) groups excluding carboxylic acids is 2. The second kappa shape index (κ2) is 11.1. The Morgan fingerprint density at radius 1 is 0.976 bits per heavy atom. The molecule has 8 nitrogen and oxygen atoms in total. The number of amides is 2. The van der Waals surface area contributed by atoms with E-state index >= 15 is 4.39 Å². The minimum absolute atomic E-state index is 0.222. The Morgan fingerprint density at radius 2 is 1.78 bits per heavy atom. The zero-order chi connectivity index (χ0) is 29.3. The number of fused-ring (bicyclic) bond motifs is 1. The Labute approximate surface area is 227 Å². The second-order valence-electron chi connectivity index (χ2n) is 8.96. The van der Waals surface area contributed by atoms with Crippen LogP contribution in [0.1, 0.15) is 33.3 Å². The van der Waals surface area contributed by atoms with Crippen molar-refractivity contribution in [3.8, 4) is 0 Å². The molecule has 3 N–H and O–H groups in total. The molecule has 3 aromatic carbocycles. The molecule has 212 valence electrons. The molecule has 0 radical (unpaired) electrons.